The maximum Gasteiger partial charge on any atom is 0.0679 e. The summed E-state index contributed by atoms with van der Waals surface area (Å²) in [6.07, 6.45) is 4.81. The van der Waals surface area contributed by atoms with E-state index >= 15 is 0 Å². The predicted octanol–water partition coefficient (Wildman–Crippen LogP) is -0.432. The van der Waals surface area contributed by atoms with E-state index in [1.807, 2.05) is 6.08 Å². The minimum Gasteiger partial charge on any atom is -0.392 e. The highest BCUT2D eigenvalue weighted by Crippen LogP contribution is 2.07. The van der Waals surface area contributed by atoms with Crippen LogP contribution in [0.2, 0.25) is 0 Å². The molecule has 0 aromatic carbocycles. The monoisotopic (exact) mass is 156 g/mol. The second-order valence-electron chi connectivity index (χ2n) is 2.91. The van der Waals surface area contributed by atoms with E-state index in [9.17, 15) is 0 Å². The van der Waals surface area contributed by atoms with Gasteiger partial charge < -0.3 is 10.8 Å². The fourth-order valence-corrected chi connectivity index (χ4v) is 1.30. The van der Waals surface area contributed by atoms with Crippen LogP contribution in [0.4, 0.5) is 0 Å². The third-order valence-corrected chi connectivity index (χ3v) is 1.91. The second kappa shape index (κ2) is 4.49. The molecule has 0 radical (unpaired) electrons. The average molecular weight is 156 g/mol. The van der Waals surface area contributed by atoms with Crippen molar-refractivity contribution in [3.63, 3.8) is 0 Å². The van der Waals surface area contributed by atoms with Gasteiger partial charge in [0.05, 0.1) is 6.10 Å². The van der Waals surface area contributed by atoms with Crippen LogP contribution < -0.4 is 5.73 Å². The summed E-state index contributed by atoms with van der Waals surface area (Å²) in [6.45, 7) is 3.36. The van der Waals surface area contributed by atoms with Crippen molar-refractivity contribution < 1.29 is 5.11 Å². The van der Waals surface area contributed by atoms with Gasteiger partial charge in [-0.2, -0.15) is 0 Å². The Morgan fingerprint density at radius 1 is 1.55 bits per heavy atom. The summed E-state index contributed by atoms with van der Waals surface area (Å²) < 4.78 is 0. The zero-order valence-corrected chi connectivity index (χ0v) is 6.74. The summed E-state index contributed by atoms with van der Waals surface area (Å²) in [6, 6.07) is 0. The van der Waals surface area contributed by atoms with Crippen LogP contribution in [0.15, 0.2) is 12.2 Å². The van der Waals surface area contributed by atoms with Gasteiger partial charge in [-0.05, 0) is 6.42 Å². The number of aliphatic hydroxyl groups is 1. The molecule has 11 heavy (non-hydrogen) atoms. The van der Waals surface area contributed by atoms with Crippen LogP contribution >= 0.6 is 0 Å². The maximum absolute atomic E-state index is 9.17. The number of nitrogens with zero attached hydrogens (tertiary/aromatic N) is 1. The van der Waals surface area contributed by atoms with Crippen molar-refractivity contribution in [1.29, 1.82) is 0 Å². The molecule has 0 spiro atoms. The SMILES string of the molecule is NC/C=C/CN1CC[C@H](O)C1. The quantitative estimate of drug-likeness (QED) is 0.545. The number of rotatable bonds is 3. The Labute approximate surface area is 67.5 Å². The molecule has 3 N–H and O–H groups in total. The van der Waals surface area contributed by atoms with Crippen molar-refractivity contribution >= 4 is 0 Å². The van der Waals surface area contributed by atoms with E-state index in [1.165, 1.54) is 0 Å². The van der Waals surface area contributed by atoms with Gasteiger partial charge in [0.25, 0.3) is 0 Å². The fourth-order valence-electron chi connectivity index (χ4n) is 1.30. The Bertz CT molecular complexity index is 136. The van der Waals surface area contributed by atoms with E-state index in [-0.39, 0.29) is 6.10 Å². The Hall–Kier alpha value is -0.380. The van der Waals surface area contributed by atoms with Gasteiger partial charge in [-0.3, -0.25) is 4.90 Å². The number of hydrogen-bond acceptors (Lipinski definition) is 3. The summed E-state index contributed by atoms with van der Waals surface area (Å²) in [4.78, 5) is 2.22. The number of aliphatic hydroxyl groups excluding tert-OH is 1. The molecule has 0 saturated carbocycles. The van der Waals surface area contributed by atoms with Crippen molar-refractivity contribution in [2.45, 2.75) is 12.5 Å². The van der Waals surface area contributed by atoms with E-state index in [1.54, 1.807) is 0 Å². The normalized spacial score (nSPS) is 26.9. The molecular weight excluding hydrogens is 140 g/mol. The predicted molar refractivity (Wildman–Crippen MR) is 45.3 cm³/mol. The van der Waals surface area contributed by atoms with Crippen LogP contribution in [0, 0.1) is 0 Å². The summed E-state index contributed by atoms with van der Waals surface area (Å²) in [5, 5.41) is 9.17. The summed E-state index contributed by atoms with van der Waals surface area (Å²) >= 11 is 0. The number of likely N-dealkylation sites (tertiary alicyclic amines) is 1. The van der Waals surface area contributed by atoms with Gasteiger partial charge >= 0.3 is 0 Å². The minimum absolute atomic E-state index is 0.110. The van der Waals surface area contributed by atoms with E-state index in [4.69, 9.17) is 10.8 Å². The van der Waals surface area contributed by atoms with Crippen molar-refractivity contribution in [2.75, 3.05) is 26.2 Å². The first-order chi connectivity index (χ1) is 5.33. The Morgan fingerprint density at radius 3 is 2.91 bits per heavy atom. The number of β-amino-alcohol motifs (C(OH)–C–C–N with tert-alkyl or cyclic N) is 1. The van der Waals surface area contributed by atoms with Gasteiger partial charge in [0.1, 0.15) is 0 Å². The molecule has 3 heteroatoms. The lowest BCUT2D eigenvalue weighted by atomic mass is 10.3. The molecule has 0 aromatic rings. The Balaban J connectivity index is 2.13. The second-order valence-corrected chi connectivity index (χ2v) is 2.91. The van der Waals surface area contributed by atoms with Crippen LogP contribution in [0.1, 0.15) is 6.42 Å². The van der Waals surface area contributed by atoms with E-state index in [2.05, 4.69) is 11.0 Å². The topological polar surface area (TPSA) is 49.5 Å². The van der Waals surface area contributed by atoms with Gasteiger partial charge in [0.15, 0.2) is 0 Å². The third kappa shape index (κ3) is 3.01. The highest BCUT2D eigenvalue weighted by atomic mass is 16.3. The van der Waals surface area contributed by atoms with Gasteiger partial charge in [0, 0.05) is 26.2 Å². The van der Waals surface area contributed by atoms with Gasteiger partial charge in [-0.25, -0.2) is 0 Å². The molecule has 1 heterocycles. The van der Waals surface area contributed by atoms with Crippen molar-refractivity contribution in [1.82, 2.24) is 4.90 Å². The highest BCUT2D eigenvalue weighted by Gasteiger charge is 2.18. The fraction of sp³-hybridized carbons (Fsp3) is 0.750. The molecule has 0 aromatic heterocycles. The first-order valence-electron chi connectivity index (χ1n) is 4.08. The molecule has 1 atom stereocenters. The highest BCUT2D eigenvalue weighted by molar-refractivity contribution is 4.88. The van der Waals surface area contributed by atoms with Gasteiger partial charge in [0.2, 0.25) is 0 Å². The average Bonchev–Trinajstić information content (AvgIpc) is 2.37. The van der Waals surface area contributed by atoms with Crippen molar-refractivity contribution in [3.8, 4) is 0 Å². The zero-order chi connectivity index (χ0) is 8.10. The lowest BCUT2D eigenvalue weighted by Crippen LogP contribution is -2.22. The molecule has 1 aliphatic heterocycles. The summed E-state index contributed by atoms with van der Waals surface area (Å²) in [5.74, 6) is 0. The first-order valence-corrected chi connectivity index (χ1v) is 4.08. The molecule has 1 fully saturated rings. The number of nitrogens with two attached hydrogens (primary N) is 1. The van der Waals surface area contributed by atoms with E-state index < -0.39 is 0 Å². The van der Waals surface area contributed by atoms with Crippen LogP contribution in [0.25, 0.3) is 0 Å². The molecule has 0 amide bonds. The maximum atomic E-state index is 9.17. The van der Waals surface area contributed by atoms with E-state index in [0.29, 0.717) is 6.54 Å². The molecule has 0 bridgehead atoms. The largest absolute Gasteiger partial charge is 0.392 e. The Morgan fingerprint density at radius 2 is 2.36 bits per heavy atom. The molecule has 0 aliphatic carbocycles. The first kappa shape index (κ1) is 8.71. The smallest absolute Gasteiger partial charge is 0.0679 e. The molecule has 0 unspecified atom stereocenters. The molecule has 3 nitrogen and oxygen atoms in total. The molecule has 1 saturated heterocycles. The minimum atomic E-state index is -0.110. The van der Waals surface area contributed by atoms with Crippen LogP contribution in [-0.2, 0) is 0 Å². The lowest BCUT2D eigenvalue weighted by molar-refractivity contribution is 0.179. The van der Waals surface area contributed by atoms with E-state index in [0.717, 1.165) is 26.1 Å². The Kier molecular flexibility index (Phi) is 3.56. The van der Waals surface area contributed by atoms with Gasteiger partial charge in [-0.1, -0.05) is 12.2 Å². The summed E-state index contributed by atoms with van der Waals surface area (Å²) in [5.41, 5.74) is 5.29. The molecule has 1 rings (SSSR count). The number of hydrogen-bond donors (Lipinski definition) is 2. The van der Waals surface area contributed by atoms with Crippen LogP contribution in [0.5, 0.6) is 0 Å². The molecule has 1 aliphatic rings. The third-order valence-electron chi connectivity index (χ3n) is 1.91. The van der Waals surface area contributed by atoms with Crippen LogP contribution in [-0.4, -0.2) is 42.3 Å². The zero-order valence-electron chi connectivity index (χ0n) is 6.74. The van der Waals surface area contributed by atoms with Crippen LogP contribution in [0.3, 0.4) is 0 Å². The molecular formula is C8H16N2O. The van der Waals surface area contributed by atoms with Crippen molar-refractivity contribution in [2.24, 2.45) is 5.73 Å². The summed E-state index contributed by atoms with van der Waals surface area (Å²) in [7, 11) is 0. The standard InChI is InChI=1S/C8H16N2O/c9-4-1-2-5-10-6-3-8(11)7-10/h1-2,8,11H,3-7,9H2/b2-1+/t8-/m0/s1. The molecule has 64 valence electrons. The van der Waals surface area contributed by atoms with Crippen molar-refractivity contribution in [3.05, 3.63) is 12.2 Å². The lowest BCUT2D eigenvalue weighted by Gasteiger charge is -2.10. The van der Waals surface area contributed by atoms with Gasteiger partial charge in [-0.15, -0.1) is 0 Å².